The van der Waals surface area contributed by atoms with Crippen LogP contribution in [0.15, 0.2) is 84.0 Å². The van der Waals surface area contributed by atoms with Gasteiger partial charge in [-0.15, -0.1) is 16.9 Å². The summed E-state index contributed by atoms with van der Waals surface area (Å²) in [7, 11) is 0. The molecule has 2 heterocycles. The lowest BCUT2D eigenvalue weighted by Crippen LogP contribution is -2.13. The fourth-order valence-electron chi connectivity index (χ4n) is 2.62. The van der Waals surface area contributed by atoms with Gasteiger partial charge in [-0.1, -0.05) is 30.3 Å². The summed E-state index contributed by atoms with van der Waals surface area (Å²) < 4.78 is 1.70. The molecule has 7 nitrogen and oxygen atoms in total. The molecule has 0 saturated carbocycles. The van der Waals surface area contributed by atoms with Gasteiger partial charge in [0.15, 0.2) is 5.82 Å². The lowest BCUT2D eigenvalue weighted by molar-refractivity contribution is 0.102. The Labute approximate surface area is 165 Å². The highest BCUT2D eigenvalue weighted by molar-refractivity contribution is 7.98. The molecular formula is C20H16N6OS. The highest BCUT2D eigenvalue weighted by Crippen LogP contribution is 2.27. The van der Waals surface area contributed by atoms with Gasteiger partial charge in [0.05, 0.1) is 17.0 Å². The fraction of sp³-hybridized carbons (Fsp3) is 0.0500. The van der Waals surface area contributed by atoms with Crippen molar-refractivity contribution in [1.29, 1.82) is 0 Å². The van der Waals surface area contributed by atoms with Gasteiger partial charge in [0, 0.05) is 23.0 Å². The van der Waals surface area contributed by atoms with E-state index in [0.717, 1.165) is 10.6 Å². The zero-order valence-electron chi connectivity index (χ0n) is 14.8. The summed E-state index contributed by atoms with van der Waals surface area (Å²) >= 11 is 1.52. The van der Waals surface area contributed by atoms with E-state index < -0.39 is 0 Å². The number of hydrogen-bond donors (Lipinski definition) is 1. The van der Waals surface area contributed by atoms with Crippen molar-refractivity contribution in [2.24, 2.45) is 0 Å². The number of nitrogens with zero attached hydrogens (tertiary/aromatic N) is 5. The van der Waals surface area contributed by atoms with Crippen molar-refractivity contribution >= 4 is 23.4 Å². The van der Waals surface area contributed by atoms with Crippen LogP contribution in [0.25, 0.3) is 5.69 Å². The second kappa shape index (κ2) is 8.45. The Morgan fingerprint density at radius 1 is 0.964 bits per heavy atom. The van der Waals surface area contributed by atoms with Crippen LogP contribution in [-0.2, 0) is 5.75 Å². The molecule has 0 unspecified atom stereocenters. The van der Waals surface area contributed by atoms with E-state index >= 15 is 0 Å². The fourth-order valence-corrected chi connectivity index (χ4v) is 3.58. The topological polar surface area (TPSA) is 85.6 Å². The molecule has 2 aromatic carbocycles. The standard InChI is InChI=1S/C20H16N6OS/c27-20(22-15-10-12-21-13-11-15)17-8-4-5-9-18(17)28-14-19-23-24-25-26(19)16-6-2-1-3-7-16/h1-13H,14H2,(H,21,22,27). The highest BCUT2D eigenvalue weighted by Gasteiger charge is 2.14. The van der Waals surface area contributed by atoms with Crippen LogP contribution in [0, 0.1) is 0 Å². The number of thioether (sulfide) groups is 1. The predicted octanol–water partition coefficient (Wildman–Crippen LogP) is 3.60. The number of aromatic nitrogens is 5. The first kappa shape index (κ1) is 17.9. The van der Waals surface area contributed by atoms with Crippen molar-refractivity contribution < 1.29 is 4.79 Å². The summed E-state index contributed by atoms with van der Waals surface area (Å²) in [6.45, 7) is 0. The average Bonchev–Trinajstić information content (AvgIpc) is 3.22. The van der Waals surface area contributed by atoms with Gasteiger partial charge in [0.25, 0.3) is 5.91 Å². The third-order valence-electron chi connectivity index (χ3n) is 3.96. The van der Waals surface area contributed by atoms with E-state index in [2.05, 4.69) is 25.8 Å². The van der Waals surface area contributed by atoms with Crippen LogP contribution in [0.5, 0.6) is 0 Å². The second-order valence-electron chi connectivity index (χ2n) is 5.82. The maximum Gasteiger partial charge on any atom is 0.256 e. The Morgan fingerprint density at radius 3 is 2.54 bits per heavy atom. The van der Waals surface area contributed by atoms with Crippen molar-refractivity contribution in [2.75, 3.05) is 5.32 Å². The second-order valence-corrected chi connectivity index (χ2v) is 6.83. The van der Waals surface area contributed by atoms with Crippen LogP contribution in [0.4, 0.5) is 5.69 Å². The summed E-state index contributed by atoms with van der Waals surface area (Å²) in [4.78, 5) is 17.5. The largest absolute Gasteiger partial charge is 0.322 e. The Bertz CT molecular complexity index is 1070. The molecular weight excluding hydrogens is 372 g/mol. The van der Waals surface area contributed by atoms with Crippen LogP contribution < -0.4 is 5.32 Å². The van der Waals surface area contributed by atoms with Gasteiger partial charge in [0.1, 0.15) is 0 Å². The smallest absolute Gasteiger partial charge is 0.256 e. The molecule has 0 fully saturated rings. The number of anilines is 1. The maximum atomic E-state index is 12.7. The van der Waals surface area contributed by atoms with Gasteiger partial charge < -0.3 is 5.32 Å². The normalized spacial score (nSPS) is 10.6. The SMILES string of the molecule is O=C(Nc1ccncc1)c1ccccc1SCc1nnnn1-c1ccccc1. The first-order valence-corrected chi connectivity index (χ1v) is 9.56. The third kappa shape index (κ3) is 4.07. The first-order valence-electron chi connectivity index (χ1n) is 8.57. The minimum atomic E-state index is -0.169. The monoisotopic (exact) mass is 388 g/mol. The van der Waals surface area contributed by atoms with Gasteiger partial charge in [0.2, 0.25) is 0 Å². The number of para-hydroxylation sites is 1. The molecule has 1 amide bonds. The molecule has 0 radical (unpaired) electrons. The third-order valence-corrected chi connectivity index (χ3v) is 5.03. The minimum Gasteiger partial charge on any atom is -0.322 e. The molecule has 28 heavy (non-hydrogen) atoms. The van der Waals surface area contributed by atoms with Gasteiger partial charge in [-0.3, -0.25) is 9.78 Å². The molecule has 4 aromatic rings. The van der Waals surface area contributed by atoms with Crippen molar-refractivity contribution in [3.05, 3.63) is 90.5 Å². The van der Waals surface area contributed by atoms with E-state index in [1.54, 1.807) is 35.3 Å². The molecule has 4 rings (SSSR count). The van der Waals surface area contributed by atoms with Crippen LogP contribution >= 0.6 is 11.8 Å². The highest BCUT2D eigenvalue weighted by atomic mass is 32.2. The Balaban J connectivity index is 1.51. The minimum absolute atomic E-state index is 0.169. The van der Waals surface area contributed by atoms with Crippen molar-refractivity contribution in [3.63, 3.8) is 0 Å². The molecule has 8 heteroatoms. The first-order chi connectivity index (χ1) is 13.8. The van der Waals surface area contributed by atoms with Crippen LogP contribution in [0.1, 0.15) is 16.2 Å². The van der Waals surface area contributed by atoms with Crippen molar-refractivity contribution in [3.8, 4) is 5.69 Å². The molecule has 0 aliphatic heterocycles. The summed E-state index contributed by atoms with van der Waals surface area (Å²) in [5, 5.41) is 14.9. The summed E-state index contributed by atoms with van der Waals surface area (Å²) in [6, 6.07) is 20.7. The van der Waals surface area contributed by atoms with Gasteiger partial charge in [-0.25, -0.2) is 0 Å². The lowest BCUT2D eigenvalue weighted by atomic mass is 10.2. The van der Waals surface area contributed by atoms with Crippen molar-refractivity contribution in [1.82, 2.24) is 25.2 Å². The van der Waals surface area contributed by atoms with E-state index in [1.807, 2.05) is 48.5 Å². The number of carbonyl (C=O) groups is 1. The van der Waals surface area contributed by atoms with Crippen molar-refractivity contribution in [2.45, 2.75) is 10.6 Å². The number of amides is 1. The quantitative estimate of drug-likeness (QED) is 0.508. The van der Waals surface area contributed by atoms with E-state index in [-0.39, 0.29) is 5.91 Å². The Hall–Kier alpha value is -3.52. The number of pyridine rings is 1. The van der Waals surface area contributed by atoms with Crippen LogP contribution in [-0.4, -0.2) is 31.1 Å². The molecule has 0 saturated heterocycles. The van der Waals surface area contributed by atoms with E-state index in [1.165, 1.54) is 11.8 Å². The Kier molecular flexibility index (Phi) is 5.39. The number of carbonyl (C=O) groups excluding carboxylic acids is 1. The number of tetrazole rings is 1. The average molecular weight is 388 g/mol. The van der Waals surface area contributed by atoms with E-state index in [4.69, 9.17) is 0 Å². The molecule has 1 N–H and O–H groups in total. The molecule has 0 aliphatic carbocycles. The van der Waals surface area contributed by atoms with Gasteiger partial charge in [-0.2, -0.15) is 4.68 Å². The summed E-state index contributed by atoms with van der Waals surface area (Å²) in [5.41, 5.74) is 2.20. The summed E-state index contributed by atoms with van der Waals surface area (Å²) in [6.07, 6.45) is 3.28. The molecule has 0 aliphatic rings. The van der Waals surface area contributed by atoms with E-state index in [0.29, 0.717) is 22.8 Å². The number of benzene rings is 2. The zero-order valence-corrected chi connectivity index (χ0v) is 15.6. The van der Waals surface area contributed by atoms with Gasteiger partial charge in [-0.05, 0) is 46.8 Å². The number of nitrogens with one attached hydrogen (secondary N) is 1. The van der Waals surface area contributed by atoms with E-state index in [9.17, 15) is 4.79 Å². The molecule has 138 valence electrons. The van der Waals surface area contributed by atoms with Crippen LogP contribution in [0.2, 0.25) is 0 Å². The van der Waals surface area contributed by atoms with Gasteiger partial charge >= 0.3 is 0 Å². The maximum absolute atomic E-state index is 12.7. The number of hydrogen-bond acceptors (Lipinski definition) is 6. The van der Waals surface area contributed by atoms with Crippen LogP contribution in [0.3, 0.4) is 0 Å². The molecule has 0 bridgehead atoms. The number of rotatable bonds is 6. The molecule has 0 spiro atoms. The molecule has 0 atom stereocenters. The lowest BCUT2D eigenvalue weighted by Gasteiger charge is -2.10. The zero-order chi connectivity index (χ0) is 19.2. The Morgan fingerprint density at radius 2 is 1.71 bits per heavy atom. The summed E-state index contributed by atoms with van der Waals surface area (Å²) in [5.74, 6) is 1.07. The molecule has 2 aromatic heterocycles. The predicted molar refractivity (Wildman–Crippen MR) is 107 cm³/mol.